The zero-order valence-electron chi connectivity index (χ0n) is 25.2. The van der Waals surface area contributed by atoms with Gasteiger partial charge in [0.25, 0.3) is 11.8 Å². The quantitative estimate of drug-likeness (QED) is 0.314. The van der Waals surface area contributed by atoms with E-state index in [0.29, 0.717) is 47.1 Å². The molecule has 4 amide bonds. The average Bonchev–Trinajstić information content (AvgIpc) is 3.47. The maximum Gasteiger partial charge on any atom is 0.341 e. The fraction of sp³-hybridized carbons (Fsp3) is 0.500. The van der Waals surface area contributed by atoms with Gasteiger partial charge in [-0.1, -0.05) is 0 Å². The van der Waals surface area contributed by atoms with Crippen molar-refractivity contribution >= 4 is 68.2 Å². The third-order valence-corrected chi connectivity index (χ3v) is 9.04. The second-order valence-corrected chi connectivity index (χ2v) is 11.1. The predicted molar refractivity (Wildman–Crippen MR) is 162 cm³/mol. The number of carbonyl (C=O) groups is 6. The van der Waals surface area contributed by atoms with Crippen LogP contribution in [0.15, 0.2) is 0 Å². The number of nitrogens with one attached hydrogen (secondary N) is 2. The molecule has 0 radical (unpaired) electrons. The number of thiophene rings is 2. The average molecular weight is 623 g/mol. The van der Waals surface area contributed by atoms with Crippen LogP contribution in [-0.4, -0.2) is 85.8 Å². The van der Waals surface area contributed by atoms with Gasteiger partial charge in [0, 0.05) is 39.0 Å². The number of carbonyl (C=O) groups excluding carboxylic acids is 6. The minimum Gasteiger partial charge on any atom is -0.465 e. The second-order valence-electron chi connectivity index (χ2n) is 9.06. The van der Waals surface area contributed by atoms with Gasteiger partial charge in [-0.3, -0.25) is 19.2 Å². The van der Waals surface area contributed by atoms with Gasteiger partial charge in [0.1, 0.15) is 10.0 Å². The minimum absolute atomic E-state index is 0.0815. The van der Waals surface area contributed by atoms with Crippen molar-refractivity contribution in [3.05, 3.63) is 32.0 Å². The molecule has 14 heteroatoms. The van der Waals surface area contributed by atoms with Crippen LogP contribution in [0.25, 0.3) is 0 Å². The number of amides is 4. The molecule has 2 N–H and O–H groups in total. The van der Waals surface area contributed by atoms with Crippen LogP contribution in [0.5, 0.6) is 0 Å². The summed E-state index contributed by atoms with van der Waals surface area (Å²) in [6.45, 7) is 12.5. The summed E-state index contributed by atoms with van der Waals surface area (Å²) in [5.41, 5.74) is 0.960. The highest BCUT2D eigenvalue weighted by Gasteiger charge is 2.30. The Morgan fingerprint density at radius 2 is 0.929 bits per heavy atom. The summed E-state index contributed by atoms with van der Waals surface area (Å²) in [5.74, 6) is -3.06. The van der Waals surface area contributed by atoms with E-state index in [1.807, 2.05) is 27.7 Å². The van der Waals surface area contributed by atoms with Crippen LogP contribution in [0.4, 0.5) is 10.0 Å². The summed E-state index contributed by atoms with van der Waals surface area (Å²) in [5, 5.41) is 5.58. The summed E-state index contributed by atoms with van der Waals surface area (Å²) in [6.07, 6.45) is -0.516. The molecule has 2 rings (SSSR count). The fourth-order valence-corrected chi connectivity index (χ4v) is 6.58. The second kappa shape index (κ2) is 15.4. The summed E-state index contributed by atoms with van der Waals surface area (Å²) in [4.78, 5) is 80.4. The Balaban J connectivity index is 2.23. The molecule has 12 nitrogen and oxygen atoms in total. The van der Waals surface area contributed by atoms with E-state index in [4.69, 9.17) is 9.47 Å². The van der Waals surface area contributed by atoms with Gasteiger partial charge >= 0.3 is 11.9 Å². The molecule has 2 aromatic rings. The lowest BCUT2D eigenvalue weighted by Crippen LogP contribution is -2.30. The normalized spacial score (nSPS) is 10.6. The van der Waals surface area contributed by atoms with Crippen LogP contribution >= 0.6 is 22.7 Å². The molecule has 42 heavy (non-hydrogen) atoms. The van der Waals surface area contributed by atoms with Gasteiger partial charge in [0.15, 0.2) is 0 Å². The number of methoxy groups -OCH3 is 2. The van der Waals surface area contributed by atoms with Crippen molar-refractivity contribution in [1.82, 2.24) is 9.80 Å². The first-order chi connectivity index (χ1) is 19.9. The van der Waals surface area contributed by atoms with Crippen LogP contribution in [-0.2, 0) is 19.1 Å². The highest BCUT2D eigenvalue weighted by Crippen LogP contribution is 2.36. The van der Waals surface area contributed by atoms with Crippen molar-refractivity contribution in [2.45, 2.75) is 54.4 Å². The first kappa shape index (κ1) is 34.4. The van der Waals surface area contributed by atoms with E-state index in [9.17, 15) is 28.8 Å². The van der Waals surface area contributed by atoms with Crippen molar-refractivity contribution < 1.29 is 38.2 Å². The molecule has 0 atom stereocenters. The molecular formula is C28H38N4O8S2. The lowest BCUT2D eigenvalue weighted by molar-refractivity contribution is -0.121. The van der Waals surface area contributed by atoms with Crippen molar-refractivity contribution in [3.8, 4) is 0 Å². The smallest absolute Gasteiger partial charge is 0.341 e. The lowest BCUT2D eigenvalue weighted by Gasteiger charge is -2.17. The molecule has 0 aliphatic carbocycles. The summed E-state index contributed by atoms with van der Waals surface area (Å²) < 4.78 is 9.74. The van der Waals surface area contributed by atoms with Crippen molar-refractivity contribution in [2.24, 2.45) is 0 Å². The van der Waals surface area contributed by atoms with Crippen LogP contribution in [0.2, 0.25) is 0 Å². The van der Waals surface area contributed by atoms with Crippen molar-refractivity contribution in [2.75, 3.05) is 51.0 Å². The third kappa shape index (κ3) is 7.53. The standard InChI is InChI=1S/C28H38N4O8S2/c1-9-31(10-2)25(35)21-15(5)19(27(37)39-7)23(41-21)29-17(33)13-14-18(34)30-24-20(28(38)40-8)16(6)22(42-24)26(36)32(11-3)12-4/h9-14H2,1-8H3,(H,29,33)(H,30,34). The Morgan fingerprint density at radius 1 is 0.619 bits per heavy atom. The first-order valence-corrected chi connectivity index (χ1v) is 15.1. The van der Waals surface area contributed by atoms with Gasteiger partial charge in [0.2, 0.25) is 11.8 Å². The largest absolute Gasteiger partial charge is 0.465 e. The Labute approximate surface area is 253 Å². The number of ether oxygens (including phenoxy) is 2. The molecule has 0 bridgehead atoms. The predicted octanol–water partition coefficient (Wildman–Crippen LogP) is 4.32. The molecule has 0 aromatic carbocycles. The Bertz CT molecular complexity index is 1250. The molecule has 0 spiro atoms. The summed E-state index contributed by atoms with van der Waals surface area (Å²) in [7, 11) is 2.41. The first-order valence-electron chi connectivity index (χ1n) is 13.5. The third-order valence-electron chi connectivity index (χ3n) is 6.65. The molecule has 0 fully saturated rings. The van der Waals surface area contributed by atoms with E-state index in [1.165, 1.54) is 14.2 Å². The number of esters is 2. The molecule has 2 aromatic heterocycles. The molecular weight excluding hydrogens is 584 g/mol. The molecule has 0 aliphatic rings. The number of hydrogen-bond donors (Lipinski definition) is 2. The van der Waals surface area contributed by atoms with Gasteiger partial charge in [-0.05, 0) is 52.7 Å². The van der Waals surface area contributed by atoms with Gasteiger partial charge in [0.05, 0.1) is 35.1 Å². The topological polar surface area (TPSA) is 151 Å². The lowest BCUT2D eigenvalue weighted by atomic mass is 10.1. The van der Waals surface area contributed by atoms with Crippen LogP contribution in [0.3, 0.4) is 0 Å². The summed E-state index contributed by atoms with van der Waals surface area (Å²) in [6, 6.07) is 0. The van der Waals surface area contributed by atoms with E-state index in [-0.39, 0.29) is 45.8 Å². The Morgan fingerprint density at radius 3 is 1.19 bits per heavy atom. The fourth-order valence-electron chi connectivity index (χ4n) is 4.22. The van der Waals surface area contributed by atoms with Gasteiger partial charge in [-0.2, -0.15) is 0 Å². The van der Waals surface area contributed by atoms with Crippen LogP contribution in [0, 0.1) is 13.8 Å². The molecule has 0 saturated heterocycles. The Kier molecular flexibility index (Phi) is 12.7. The minimum atomic E-state index is -0.700. The molecule has 230 valence electrons. The number of nitrogens with zero attached hydrogens (tertiary/aromatic N) is 2. The van der Waals surface area contributed by atoms with Gasteiger partial charge in [-0.15, -0.1) is 22.7 Å². The monoisotopic (exact) mass is 622 g/mol. The van der Waals surface area contributed by atoms with E-state index >= 15 is 0 Å². The molecule has 0 unspecified atom stereocenters. The molecule has 0 aliphatic heterocycles. The van der Waals surface area contributed by atoms with Crippen molar-refractivity contribution in [3.63, 3.8) is 0 Å². The van der Waals surface area contributed by atoms with E-state index in [0.717, 1.165) is 22.7 Å². The van der Waals surface area contributed by atoms with Gasteiger partial charge < -0.3 is 29.9 Å². The number of rotatable bonds is 13. The highest BCUT2D eigenvalue weighted by molar-refractivity contribution is 7.19. The molecule has 0 saturated carbocycles. The van der Waals surface area contributed by atoms with E-state index in [1.54, 1.807) is 23.6 Å². The van der Waals surface area contributed by atoms with Crippen molar-refractivity contribution in [1.29, 1.82) is 0 Å². The SMILES string of the molecule is CCN(CC)C(=O)c1sc(NC(=O)CCC(=O)Nc2sc(C(=O)N(CC)CC)c(C)c2C(=O)OC)c(C(=O)OC)c1C. The van der Waals surface area contributed by atoms with E-state index < -0.39 is 23.8 Å². The van der Waals surface area contributed by atoms with E-state index in [2.05, 4.69) is 10.6 Å². The maximum absolute atomic E-state index is 13.0. The zero-order chi connectivity index (χ0) is 31.7. The number of hydrogen-bond acceptors (Lipinski definition) is 10. The highest BCUT2D eigenvalue weighted by atomic mass is 32.1. The van der Waals surface area contributed by atoms with Gasteiger partial charge in [-0.25, -0.2) is 9.59 Å². The summed E-state index contributed by atoms with van der Waals surface area (Å²) >= 11 is 1.95. The maximum atomic E-state index is 13.0. The zero-order valence-corrected chi connectivity index (χ0v) is 26.9. The number of anilines is 2. The Hall–Kier alpha value is -3.78. The van der Waals surface area contributed by atoms with Crippen LogP contribution < -0.4 is 10.6 Å². The van der Waals surface area contributed by atoms with Crippen LogP contribution in [0.1, 0.15) is 91.7 Å². The molecule has 2 heterocycles.